The zero-order chi connectivity index (χ0) is 26.0. The van der Waals surface area contributed by atoms with Gasteiger partial charge >= 0.3 is 0 Å². The molecule has 36 heavy (non-hydrogen) atoms. The predicted molar refractivity (Wildman–Crippen MR) is 117 cm³/mol. The lowest BCUT2D eigenvalue weighted by molar-refractivity contribution is -0.384. The van der Waals surface area contributed by atoms with Crippen molar-refractivity contribution < 1.29 is 36.8 Å². The molecule has 0 saturated carbocycles. The average molecular weight is 505 g/mol. The molecular formula is C22H15F4N5O5. The third-order valence-corrected chi connectivity index (χ3v) is 4.81. The van der Waals surface area contributed by atoms with Crippen molar-refractivity contribution >= 4 is 22.9 Å². The molecular weight excluding hydrogens is 490 g/mol. The maximum absolute atomic E-state index is 13.4. The molecule has 1 N–H and O–H groups in total. The molecule has 0 bridgehead atoms. The van der Waals surface area contributed by atoms with E-state index in [0.29, 0.717) is 16.3 Å². The minimum atomic E-state index is -3.17. The van der Waals surface area contributed by atoms with Gasteiger partial charge in [0.2, 0.25) is 0 Å². The lowest BCUT2D eigenvalue weighted by Crippen LogP contribution is -2.13. The van der Waals surface area contributed by atoms with Gasteiger partial charge in [0.25, 0.3) is 24.4 Å². The molecule has 0 fully saturated rings. The number of aromatic nitrogens is 3. The second-order valence-electron chi connectivity index (χ2n) is 7.19. The minimum Gasteiger partial charge on any atom is -0.493 e. The minimum absolute atomic E-state index is 0.0118. The van der Waals surface area contributed by atoms with E-state index >= 15 is 0 Å². The van der Waals surface area contributed by atoms with Crippen molar-refractivity contribution in [2.24, 2.45) is 0 Å². The normalized spacial score (nSPS) is 11.2. The molecule has 2 aromatic carbocycles. The Morgan fingerprint density at radius 2 is 1.78 bits per heavy atom. The maximum Gasteiger partial charge on any atom is 0.280 e. The summed E-state index contributed by atoms with van der Waals surface area (Å²) >= 11 is 0. The van der Waals surface area contributed by atoms with Crippen LogP contribution >= 0.6 is 0 Å². The van der Waals surface area contributed by atoms with Crippen LogP contribution in [-0.2, 0) is 0 Å². The van der Waals surface area contributed by atoms with E-state index in [1.165, 1.54) is 13.2 Å². The van der Waals surface area contributed by atoms with Gasteiger partial charge in [0.05, 0.1) is 23.8 Å². The van der Waals surface area contributed by atoms with Crippen LogP contribution in [0.15, 0.2) is 54.6 Å². The first-order valence-electron chi connectivity index (χ1n) is 10.0. The number of rotatable bonds is 8. The number of carbonyl (C=O) groups is 1. The fourth-order valence-electron chi connectivity index (χ4n) is 3.24. The summed E-state index contributed by atoms with van der Waals surface area (Å²) in [5, 5.41) is 17.5. The van der Waals surface area contributed by atoms with Crippen molar-refractivity contribution in [3.63, 3.8) is 0 Å². The molecule has 0 aliphatic rings. The van der Waals surface area contributed by atoms with Crippen molar-refractivity contribution in [2.45, 2.75) is 12.9 Å². The number of non-ortho nitro benzene ring substituents is 1. The van der Waals surface area contributed by atoms with Gasteiger partial charge in [-0.15, -0.1) is 0 Å². The third kappa shape index (κ3) is 5.01. The van der Waals surface area contributed by atoms with Crippen LogP contribution in [-0.4, -0.2) is 32.5 Å². The Bertz CT molecular complexity index is 1460. The van der Waals surface area contributed by atoms with Crippen LogP contribution in [0.3, 0.4) is 0 Å². The molecule has 4 aromatic rings. The van der Waals surface area contributed by atoms with Gasteiger partial charge in [-0.05, 0) is 18.2 Å². The number of nitro benzene ring substituents is 1. The van der Waals surface area contributed by atoms with Gasteiger partial charge in [0, 0.05) is 18.2 Å². The number of ether oxygens (including phenoxy) is 2. The zero-order valence-corrected chi connectivity index (χ0v) is 18.2. The molecule has 0 saturated heterocycles. The molecule has 0 radical (unpaired) electrons. The van der Waals surface area contributed by atoms with Crippen LogP contribution in [0, 0.1) is 10.1 Å². The number of nitro groups is 1. The Labute approximate surface area is 199 Å². The summed E-state index contributed by atoms with van der Waals surface area (Å²) in [4.78, 5) is 27.0. The van der Waals surface area contributed by atoms with E-state index in [1.54, 1.807) is 24.3 Å². The number of benzene rings is 2. The second kappa shape index (κ2) is 9.85. The van der Waals surface area contributed by atoms with E-state index in [0.717, 1.165) is 18.2 Å². The summed E-state index contributed by atoms with van der Waals surface area (Å²) in [5.41, 5.74) is -3.11. The van der Waals surface area contributed by atoms with Crippen LogP contribution in [0.25, 0.3) is 5.65 Å². The number of para-hydroxylation sites is 2. The molecule has 0 aliphatic carbocycles. The summed E-state index contributed by atoms with van der Waals surface area (Å²) in [5.74, 6) is -0.367. The van der Waals surface area contributed by atoms with Crippen molar-refractivity contribution in [1.82, 2.24) is 14.6 Å². The number of amides is 1. The molecule has 10 nitrogen and oxygen atoms in total. The number of alkyl halides is 4. The van der Waals surface area contributed by atoms with Gasteiger partial charge in [-0.1, -0.05) is 12.1 Å². The number of methoxy groups -OCH3 is 1. The van der Waals surface area contributed by atoms with Gasteiger partial charge in [0.1, 0.15) is 17.1 Å². The van der Waals surface area contributed by atoms with Crippen molar-refractivity contribution in [1.29, 1.82) is 0 Å². The fourth-order valence-corrected chi connectivity index (χ4v) is 3.24. The largest absolute Gasteiger partial charge is 0.493 e. The number of halogens is 4. The SMILES string of the molecule is COc1ccccc1Oc1cc(NC(=O)c2cc3nc(C(F)F)cc(C(F)F)n3n2)cc([N+](=O)[O-])c1. The first-order chi connectivity index (χ1) is 17.2. The Kier molecular flexibility index (Phi) is 6.67. The molecule has 0 unspecified atom stereocenters. The van der Waals surface area contributed by atoms with Crippen molar-refractivity contribution in [2.75, 3.05) is 12.4 Å². The van der Waals surface area contributed by atoms with Gasteiger partial charge in [-0.3, -0.25) is 14.9 Å². The van der Waals surface area contributed by atoms with E-state index in [2.05, 4.69) is 15.4 Å². The fraction of sp³-hybridized carbons (Fsp3) is 0.136. The number of nitrogens with zero attached hydrogens (tertiary/aromatic N) is 4. The van der Waals surface area contributed by atoms with E-state index in [4.69, 9.17) is 9.47 Å². The number of anilines is 1. The Balaban J connectivity index is 1.67. The number of nitrogens with one attached hydrogen (secondary N) is 1. The average Bonchev–Trinajstić information content (AvgIpc) is 3.28. The predicted octanol–water partition coefficient (Wildman–Crippen LogP) is 5.57. The molecule has 0 atom stereocenters. The standard InChI is InChI=1S/C22H15F4N5O5/c1-35-17-4-2-3-5-18(17)36-13-7-11(6-12(8-13)31(33)34)27-22(32)15-10-19-28-14(20(23)24)9-16(21(25)26)30(19)29-15/h2-10,20-21H,1H3,(H,27,32). The van der Waals surface area contributed by atoms with Gasteiger partial charge < -0.3 is 14.8 Å². The summed E-state index contributed by atoms with van der Waals surface area (Å²) in [6.07, 6.45) is -6.29. The summed E-state index contributed by atoms with van der Waals surface area (Å²) in [6, 6.07) is 11.4. The number of carbonyl (C=O) groups excluding carboxylic acids is 1. The first-order valence-corrected chi connectivity index (χ1v) is 10.0. The van der Waals surface area contributed by atoms with E-state index < -0.39 is 52.1 Å². The highest BCUT2D eigenvalue weighted by atomic mass is 19.3. The van der Waals surface area contributed by atoms with Gasteiger partial charge in [-0.2, -0.15) is 5.10 Å². The van der Waals surface area contributed by atoms with Crippen LogP contribution in [0.2, 0.25) is 0 Å². The van der Waals surface area contributed by atoms with E-state index in [9.17, 15) is 32.5 Å². The van der Waals surface area contributed by atoms with Crippen molar-refractivity contribution in [3.8, 4) is 17.2 Å². The molecule has 1 amide bonds. The smallest absolute Gasteiger partial charge is 0.280 e. The van der Waals surface area contributed by atoms with Crippen LogP contribution < -0.4 is 14.8 Å². The highest BCUT2D eigenvalue weighted by molar-refractivity contribution is 6.03. The van der Waals surface area contributed by atoms with Gasteiger partial charge in [-0.25, -0.2) is 27.1 Å². The second-order valence-corrected chi connectivity index (χ2v) is 7.19. The summed E-state index contributed by atoms with van der Waals surface area (Å²) < 4.78 is 64.3. The Morgan fingerprint density at radius 3 is 2.42 bits per heavy atom. The van der Waals surface area contributed by atoms with Crippen LogP contribution in [0.5, 0.6) is 17.2 Å². The summed E-state index contributed by atoms with van der Waals surface area (Å²) in [7, 11) is 1.41. The molecule has 0 spiro atoms. The quantitative estimate of drug-likeness (QED) is 0.189. The highest BCUT2D eigenvalue weighted by Crippen LogP contribution is 2.34. The third-order valence-electron chi connectivity index (χ3n) is 4.81. The van der Waals surface area contributed by atoms with Crippen molar-refractivity contribution in [3.05, 3.63) is 81.8 Å². The number of fused-ring (bicyclic) bond motifs is 1. The lowest BCUT2D eigenvalue weighted by Gasteiger charge is -2.11. The topological polar surface area (TPSA) is 121 Å². The van der Waals surface area contributed by atoms with Gasteiger partial charge in [0.15, 0.2) is 22.8 Å². The molecule has 4 rings (SSSR count). The molecule has 2 heterocycles. The van der Waals surface area contributed by atoms with Crippen LogP contribution in [0.4, 0.5) is 28.9 Å². The van der Waals surface area contributed by atoms with E-state index in [1.807, 2.05) is 0 Å². The maximum atomic E-state index is 13.4. The van der Waals surface area contributed by atoms with E-state index in [-0.39, 0.29) is 17.2 Å². The highest BCUT2D eigenvalue weighted by Gasteiger charge is 2.23. The number of hydrogen-bond donors (Lipinski definition) is 1. The molecule has 2 aromatic heterocycles. The molecule has 0 aliphatic heterocycles. The first kappa shape index (κ1) is 24.4. The molecule has 186 valence electrons. The molecule has 14 heteroatoms. The Morgan fingerprint density at radius 1 is 1.06 bits per heavy atom. The lowest BCUT2D eigenvalue weighted by atomic mass is 10.2. The summed E-state index contributed by atoms with van der Waals surface area (Å²) in [6.45, 7) is 0. The monoisotopic (exact) mass is 505 g/mol. The Hall–Kier alpha value is -4.75. The number of hydrogen-bond acceptors (Lipinski definition) is 7. The van der Waals surface area contributed by atoms with Crippen LogP contribution in [0.1, 0.15) is 34.7 Å². The zero-order valence-electron chi connectivity index (χ0n) is 18.2.